The van der Waals surface area contributed by atoms with Crippen molar-refractivity contribution in [2.75, 3.05) is 0 Å². The number of hydrogen-bond acceptors (Lipinski definition) is 6. The molecule has 0 saturated carbocycles. The molecule has 12 heavy (non-hydrogen) atoms. The van der Waals surface area contributed by atoms with Crippen LogP contribution in [0.3, 0.4) is 0 Å². The number of rotatable bonds is 3. The molecule has 0 aliphatic carbocycles. The van der Waals surface area contributed by atoms with Crippen molar-refractivity contribution in [2.24, 2.45) is 17.7 Å². The van der Waals surface area contributed by atoms with Gasteiger partial charge in [-0.15, -0.1) is 0 Å². The van der Waals surface area contributed by atoms with Gasteiger partial charge in [-0.1, -0.05) is 6.92 Å². The van der Waals surface area contributed by atoms with Crippen LogP contribution in [0.5, 0.6) is 0 Å². The van der Waals surface area contributed by atoms with Crippen molar-refractivity contribution in [2.45, 2.75) is 13.3 Å². The average molecular weight is 357 g/mol. The van der Waals surface area contributed by atoms with Gasteiger partial charge in [-0.3, -0.25) is 0 Å². The summed E-state index contributed by atoms with van der Waals surface area (Å²) < 4.78 is 0. The van der Waals surface area contributed by atoms with Crippen LogP contribution in [0.15, 0.2) is 0 Å². The maximum atomic E-state index is 10.6. The summed E-state index contributed by atoms with van der Waals surface area (Å²) in [4.78, 5) is 28.9. The monoisotopic (exact) mass is 357 g/mol. The van der Waals surface area contributed by atoms with Crippen molar-refractivity contribution in [1.29, 1.82) is 0 Å². The van der Waals surface area contributed by atoms with E-state index in [0.717, 1.165) is 0 Å². The molecule has 0 aromatic carbocycles. The van der Waals surface area contributed by atoms with Gasteiger partial charge in [0.1, 0.15) is 0 Å². The summed E-state index contributed by atoms with van der Waals surface area (Å²) in [5, 5.41) is 0. The van der Waals surface area contributed by atoms with Crippen molar-refractivity contribution in [3.63, 3.8) is 0 Å². The van der Waals surface area contributed by atoms with Crippen LogP contribution in [-0.2, 0) is 40.3 Å². The van der Waals surface area contributed by atoms with E-state index in [4.69, 9.17) is 0 Å². The quantitative estimate of drug-likeness (QED) is 0.488. The first-order valence-corrected chi connectivity index (χ1v) is 2.98. The van der Waals surface area contributed by atoms with Crippen LogP contribution in [0.25, 0.3) is 0 Å². The molecule has 0 heterocycles. The predicted molar refractivity (Wildman–Crippen MR) is 34.3 cm³/mol. The minimum atomic E-state index is -1.02. The zero-order chi connectivity index (χ0) is 8.85. The molecular formula is C5H10N2O4Pt. The molecular weight excluding hydrogens is 347 g/mol. The second kappa shape index (κ2) is 7.21. The Balaban J connectivity index is 0. The van der Waals surface area contributed by atoms with E-state index in [1.165, 1.54) is 0 Å². The molecule has 0 amide bonds. The zero-order valence-corrected chi connectivity index (χ0v) is 8.66. The number of nitrogens with two attached hydrogens (primary N) is 2. The van der Waals surface area contributed by atoms with Gasteiger partial charge in [-0.05, 0) is 6.42 Å². The molecule has 7 heteroatoms. The standard InChI is InChI=1S/C5H10N2O4.Pt/c1-2-3(4(8)10-6)5(9)11-7;/h3H,2,6-7H2,1H3;. The molecule has 6 nitrogen and oxygen atoms in total. The van der Waals surface area contributed by atoms with E-state index >= 15 is 0 Å². The van der Waals surface area contributed by atoms with Crippen molar-refractivity contribution in [3.05, 3.63) is 0 Å². The Labute approximate surface area is 83.7 Å². The first kappa shape index (κ1) is 14.1. The number of carbonyl (C=O) groups is 2. The van der Waals surface area contributed by atoms with E-state index in [1.54, 1.807) is 6.92 Å². The summed E-state index contributed by atoms with van der Waals surface area (Å²) in [6.45, 7) is 1.61. The normalized spacial score (nSPS) is 8.67. The van der Waals surface area contributed by atoms with Crippen molar-refractivity contribution in [3.8, 4) is 0 Å². The fourth-order valence-electron chi connectivity index (χ4n) is 0.594. The molecule has 0 spiro atoms. The van der Waals surface area contributed by atoms with E-state index in [1.807, 2.05) is 0 Å². The van der Waals surface area contributed by atoms with Gasteiger partial charge < -0.3 is 9.68 Å². The third-order valence-electron chi connectivity index (χ3n) is 1.21. The van der Waals surface area contributed by atoms with Crippen LogP contribution < -0.4 is 11.8 Å². The summed E-state index contributed by atoms with van der Waals surface area (Å²) >= 11 is 0. The van der Waals surface area contributed by atoms with E-state index in [9.17, 15) is 9.59 Å². The van der Waals surface area contributed by atoms with Gasteiger partial charge in [0.2, 0.25) is 0 Å². The molecule has 74 valence electrons. The Kier molecular flexibility index (Phi) is 8.47. The molecule has 0 atom stereocenters. The van der Waals surface area contributed by atoms with Gasteiger partial charge in [0.25, 0.3) is 0 Å². The first-order chi connectivity index (χ1) is 5.17. The number of hydrogen-bond donors (Lipinski definition) is 2. The summed E-state index contributed by atoms with van der Waals surface area (Å²) in [7, 11) is 0. The Morgan fingerprint density at radius 2 is 1.58 bits per heavy atom. The summed E-state index contributed by atoms with van der Waals surface area (Å²) in [6.07, 6.45) is 0.242. The van der Waals surface area contributed by atoms with Crippen LogP contribution in [0.1, 0.15) is 13.3 Å². The van der Waals surface area contributed by atoms with E-state index < -0.39 is 17.9 Å². The predicted octanol–water partition coefficient (Wildman–Crippen LogP) is -1.16. The van der Waals surface area contributed by atoms with Crippen LogP contribution in [-0.4, -0.2) is 11.9 Å². The maximum absolute atomic E-state index is 10.6. The molecule has 0 fully saturated rings. The molecule has 0 aliphatic rings. The molecule has 0 rings (SSSR count). The third-order valence-corrected chi connectivity index (χ3v) is 1.21. The molecule has 0 radical (unpaired) electrons. The van der Waals surface area contributed by atoms with E-state index in [0.29, 0.717) is 0 Å². The molecule has 0 aromatic rings. The molecule has 0 aromatic heterocycles. The molecule has 0 unspecified atom stereocenters. The fraction of sp³-hybridized carbons (Fsp3) is 0.600. The SMILES string of the molecule is CCC(C(=O)ON)C(=O)ON.[Pt]. The van der Waals surface area contributed by atoms with Gasteiger partial charge in [-0.25, -0.2) is 9.59 Å². The summed E-state index contributed by atoms with van der Waals surface area (Å²) in [5.41, 5.74) is 0. The second-order valence-corrected chi connectivity index (χ2v) is 1.83. The maximum Gasteiger partial charge on any atom is 0.338 e. The van der Waals surface area contributed by atoms with Crippen LogP contribution in [0, 0.1) is 5.92 Å². The Morgan fingerprint density at radius 3 is 1.75 bits per heavy atom. The molecule has 0 bridgehead atoms. The smallest absolute Gasteiger partial charge is 0.338 e. The number of carbonyl (C=O) groups excluding carboxylic acids is 2. The summed E-state index contributed by atoms with van der Waals surface area (Å²) in [6, 6.07) is 0. The van der Waals surface area contributed by atoms with Gasteiger partial charge in [0.05, 0.1) is 0 Å². The average Bonchev–Trinajstić information content (AvgIpc) is 2.05. The van der Waals surface area contributed by atoms with Crippen molar-refractivity contribution >= 4 is 11.9 Å². The summed E-state index contributed by atoms with van der Waals surface area (Å²) in [5.74, 6) is 6.37. The van der Waals surface area contributed by atoms with Gasteiger partial charge in [-0.2, -0.15) is 11.8 Å². The molecule has 0 saturated heterocycles. The van der Waals surface area contributed by atoms with Gasteiger partial charge in [0.15, 0.2) is 5.92 Å². The largest absolute Gasteiger partial charge is 0.373 e. The molecule has 4 N–H and O–H groups in total. The van der Waals surface area contributed by atoms with Crippen LogP contribution in [0.4, 0.5) is 0 Å². The Hall–Kier alpha value is -0.452. The minimum absolute atomic E-state index is 0. The van der Waals surface area contributed by atoms with Gasteiger partial charge in [0, 0.05) is 21.1 Å². The second-order valence-electron chi connectivity index (χ2n) is 1.83. The topological polar surface area (TPSA) is 105 Å². The van der Waals surface area contributed by atoms with E-state index in [-0.39, 0.29) is 27.5 Å². The third kappa shape index (κ3) is 3.80. The minimum Gasteiger partial charge on any atom is -0.373 e. The van der Waals surface area contributed by atoms with Gasteiger partial charge >= 0.3 is 11.9 Å². The Morgan fingerprint density at radius 1 is 1.25 bits per heavy atom. The fourth-order valence-corrected chi connectivity index (χ4v) is 0.594. The van der Waals surface area contributed by atoms with Crippen molar-refractivity contribution < 1.29 is 40.3 Å². The van der Waals surface area contributed by atoms with E-state index in [2.05, 4.69) is 21.5 Å². The Bertz CT molecular complexity index is 148. The van der Waals surface area contributed by atoms with Crippen LogP contribution in [0.2, 0.25) is 0 Å². The zero-order valence-electron chi connectivity index (χ0n) is 6.39. The van der Waals surface area contributed by atoms with Crippen LogP contribution >= 0.6 is 0 Å². The molecule has 0 aliphatic heterocycles. The van der Waals surface area contributed by atoms with Crippen molar-refractivity contribution in [1.82, 2.24) is 0 Å². The first-order valence-electron chi connectivity index (χ1n) is 2.98.